The Morgan fingerprint density at radius 1 is 1.41 bits per heavy atom. The van der Waals surface area contributed by atoms with Gasteiger partial charge in [0.25, 0.3) is 0 Å². The molecular formula is C13H27N3O. The van der Waals surface area contributed by atoms with E-state index in [-0.39, 0.29) is 11.9 Å². The molecule has 1 heterocycles. The number of hydrogen-bond acceptors (Lipinski definition) is 3. The minimum atomic E-state index is 0.179. The average molecular weight is 241 g/mol. The van der Waals surface area contributed by atoms with Crippen LogP contribution in [0.1, 0.15) is 39.5 Å². The van der Waals surface area contributed by atoms with Crippen LogP contribution in [0, 0.1) is 0 Å². The molecule has 0 aromatic carbocycles. The molecular weight excluding hydrogens is 214 g/mol. The van der Waals surface area contributed by atoms with Crippen molar-refractivity contribution >= 4 is 5.91 Å². The number of carbonyl (C=O) groups excluding carboxylic acids is 1. The standard InChI is InChI=1S/C13H27N3O/c1-4-11(2)15(3)12(10-14)9-13(17)16-7-5-6-8-16/h11-12H,4-10,14H2,1-3H3. The predicted molar refractivity (Wildman–Crippen MR) is 70.8 cm³/mol. The zero-order valence-corrected chi connectivity index (χ0v) is 11.5. The normalized spacial score (nSPS) is 19.7. The molecule has 0 bridgehead atoms. The maximum atomic E-state index is 12.1. The summed E-state index contributed by atoms with van der Waals surface area (Å²) < 4.78 is 0. The van der Waals surface area contributed by atoms with Gasteiger partial charge in [0.05, 0.1) is 0 Å². The first-order chi connectivity index (χ1) is 8.10. The number of carbonyl (C=O) groups is 1. The number of rotatable bonds is 6. The smallest absolute Gasteiger partial charge is 0.224 e. The van der Waals surface area contributed by atoms with Gasteiger partial charge in [-0.1, -0.05) is 6.92 Å². The highest BCUT2D eigenvalue weighted by molar-refractivity contribution is 5.77. The molecule has 0 saturated carbocycles. The fourth-order valence-corrected chi connectivity index (χ4v) is 2.34. The summed E-state index contributed by atoms with van der Waals surface area (Å²) in [6.07, 6.45) is 3.96. The highest BCUT2D eigenvalue weighted by Gasteiger charge is 2.24. The second kappa shape index (κ2) is 6.97. The van der Waals surface area contributed by atoms with E-state index < -0.39 is 0 Å². The molecule has 1 amide bonds. The van der Waals surface area contributed by atoms with E-state index in [1.807, 2.05) is 4.90 Å². The maximum Gasteiger partial charge on any atom is 0.224 e. The van der Waals surface area contributed by atoms with Crippen molar-refractivity contribution in [2.45, 2.75) is 51.6 Å². The lowest BCUT2D eigenvalue weighted by molar-refractivity contribution is -0.131. The van der Waals surface area contributed by atoms with Crippen molar-refractivity contribution in [2.75, 3.05) is 26.7 Å². The van der Waals surface area contributed by atoms with Gasteiger partial charge >= 0.3 is 0 Å². The van der Waals surface area contributed by atoms with E-state index >= 15 is 0 Å². The van der Waals surface area contributed by atoms with Crippen LogP contribution in [0.25, 0.3) is 0 Å². The summed E-state index contributed by atoms with van der Waals surface area (Å²) in [5.41, 5.74) is 5.80. The lowest BCUT2D eigenvalue weighted by Gasteiger charge is -2.32. The highest BCUT2D eigenvalue weighted by atomic mass is 16.2. The summed E-state index contributed by atoms with van der Waals surface area (Å²) in [5.74, 6) is 0.271. The molecule has 2 unspecified atom stereocenters. The zero-order valence-electron chi connectivity index (χ0n) is 11.5. The number of hydrogen-bond donors (Lipinski definition) is 1. The molecule has 0 spiro atoms. The molecule has 1 aliphatic rings. The van der Waals surface area contributed by atoms with E-state index in [1.54, 1.807) is 0 Å². The lowest BCUT2D eigenvalue weighted by Crippen LogP contribution is -2.46. The van der Waals surface area contributed by atoms with Gasteiger partial charge in [0.1, 0.15) is 0 Å². The van der Waals surface area contributed by atoms with Gasteiger partial charge in [0.2, 0.25) is 5.91 Å². The number of amides is 1. The van der Waals surface area contributed by atoms with Crippen molar-refractivity contribution in [1.82, 2.24) is 9.80 Å². The van der Waals surface area contributed by atoms with Crippen molar-refractivity contribution in [2.24, 2.45) is 5.73 Å². The van der Waals surface area contributed by atoms with Crippen LogP contribution in [0.2, 0.25) is 0 Å². The fourth-order valence-electron chi connectivity index (χ4n) is 2.34. The molecule has 0 aliphatic carbocycles. The molecule has 1 fully saturated rings. The summed E-state index contributed by atoms with van der Waals surface area (Å²) >= 11 is 0. The second-order valence-corrected chi connectivity index (χ2v) is 5.10. The van der Waals surface area contributed by atoms with Crippen molar-refractivity contribution in [1.29, 1.82) is 0 Å². The Labute approximate surface area is 105 Å². The Kier molecular flexibility index (Phi) is 5.92. The largest absolute Gasteiger partial charge is 0.343 e. The Balaban J connectivity index is 2.47. The van der Waals surface area contributed by atoms with Crippen LogP contribution in [0.5, 0.6) is 0 Å². The number of nitrogens with zero attached hydrogens (tertiary/aromatic N) is 2. The summed E-state index contributed by atoms with van der Waals surface area (Å²) in [6.45, 7) is 6.77. The van der Waals surface area contributed by atoms with Crippen LogP contribution in [-0.4, -0.2) is 54.5 Å². The van der Waals surface area contributed by atoms with Crippen LogP contribution < -0.4 is 5.73 Å². The molecule has 4 nitrogen and oxygen atoms in total. The topological polar surface area (TPSA) is 49.6 Å². The van der Waals surface area contributed by atoms with Gasteiger partial charge in [-0.15, -0.1) is 0 Å². The Hall–Kier alpha value is -0.610. The minimum Gasteiger partial charge on any atom is -0.343 e. The molecule has 1 rings (SSSR count). The van der Waals surface area contributed by atoms with Crippen LogP contribution in [0.15, 0.2) is 0 Å². The third-order valence-corrected chi connectivity index (χ3v) is 4.00. The van der Waals surface area contributed by atoms with Gasteiger partial charge in [-0.2, -0.15) is 0 Å². The second-order valence-electron chi connectivity index (χ2n) is 5.10. The first kappa shape index (κ1) is 14.5. The van der Waals surface area contributed by atoms with Crippen LogP contribution >= 0.6 is 0 Å². The lowest BCUT2D eigenvalue weighted by atomic mass is 10.1. The predicted octanol–water partition coefficient (Wildman–Crippen LogP) is 1.06. The van der Waals surface area contributed by atoms with E-state index in [0.29, 0.717) is 19.0 Å². The maximum absolute atomic E-state index is 12.1. The molecule has 0 aromatic heterocycles. The summed E-state index contributed by atoms with van der Waals surface area (Å²) in [6, 6.07) is 0.660. The molecule has 1 saturated heterocycles. The molecule has 4 heteroatoms. The molecule has 0 aromatic rings. The molecule has 0 radical (unpaired) electrons. The molecule has 100 valence electrons. The van der Waals surface area contributed by atoms with E-state index in [1.165, 1.54) is 0 Å². The molecule has 1 aliphatic heterocycles. The van der Waals surface area contributed by atoms with E-state index in [4.69, 9.17) is 5.73 Å². The summed E-state index contributed by atoms with van der Waals surface area (Å²) in [5, 5.41) is 0. The first-order valence-corrected chi connectivity index (χ1v) is 6.79. The van der Waals surface area contributed by atoms with Crippen molar-refractivity contribution in [3.05, 3.63) is 0 Å². The van der Waals surface area contributed by atoms with Crippen molar-refractivity contribution in [3.8, 4) is 0 Å². The third-order valence-electron chi connectivity index (χ3n) is 4.00. The van der Waals surface area contributed by atoms with Crippen LogP contribution in [-0.2, 0) is 4.79 Å². The van der Waals surface area contributed by atoms with E-state index in [9.17, 15) is 4.79 Å². The number of likely N-dealkylation sites (tertiary alicyclic amines) is 1. The Morgan fingerprint density at radius 2 is 2.00 bits per heavy atom. The molecule has 2 atom stereocenters. The Bertz CT molecular complexity index is 239. The summed E-state index contributed by atoms with van der Waals surface area (Å²) in [4.78, 5) is 16.3. The Morgan fingerprint density at radius 3 is 2.47 bits per heavy atom. The summed E-state index contributed by atoms with van der Waals surface area (Å²) in [7, 11) is 2.07. The van der Waals surface area contributed by atoms with Gasteiger partial charge in [-0.3, -0.25) is 9.69 Å². The quantitative estimate of drug-likeness (QED) is 0.756. The molecule has 2 N–H and O–H groups in total. The van der Waals surface area contributed by atoms with Crippen LogP contribution in [0.3, 0.4) is 0 Å². The average Bonchev–Trinajstić information content (AvgIpc) is 2.87. The van der Waals surface area contributed by atoms with Gasteiger partial charge in [0.15, 0.2) is 0 Å². The van der Waals surface area contributed by atoms with Gasteiger partial charge in [-0.25, -0.2) is 0 Å². The van der Waals surface area contributed by atoms with Gasteiger partial charge < -0.3 is 10.6 Å². The number of nitrogens with two attached hydrogens (primary N) is 1. The third kappa shape index (κ3) is 3.96. The van der Waals surface area contributed by atoms with Crippen molar-refractivity contribution in [3.63, 3.8) is 0 Å². The number of likely N-dealkylation sites (N-methyl/N-ethyl adjacent to an activating group) is 1. The highest BCUT2D eigenvalue weighted by Crippen LogP contribution is 2.13. The van der Waals surface area contributed by atoms with Gasteiger partial charge in [-0.05, 0) is 33.2 Å². The van der Waals surface area contributed by atoms with Crippen LogP contribution in [0.4, 0.5) is 0 Å². The van der Waals surface area contributed by atoms with E-state index in [0.717, 1.165) is 32.4 Å². The van der Waals surface area contributed by atoms with Gasteiger partial charge in [0, 0.05) is 38.1 Å². The van der Waals surface area contributed by atoms with Crippen molar-refractivity contribution < 1.29 is 4.79 Å². The minimum absolute atomic E-state index is 0.179. The molecule has 17 heavy (non-hydrogen) atoms. The fraction of sp³-hybridized carbons (Fsp3) is 0.923. The monoisotopic (exact) mass is 241 g/mol. The zero-order chi connectivity index (χ0) is 12.8. The first-order valence-electron chi connectivity index (χ1n) is 6.79. The van der Waals surface area contributed by atoms with E-state index in [2.05, 4.69) is 25.8 Å². The SMILES string of the molecule is CCC(C)N(C)C(CN)CC(=O)N1CCCC1.